The van der Waals surface area contributed by atoms with Gasteiger partial charge in [0.25, 0.3) is 10.0 Å². The Morgan fingerprint density at radius 1 is 0.805 bits per heavy atom. The van der Waals surface area contributed by atoms with Crippen LogP contribution in [0.15, 0.2) is 76.5 Å². The third kappa shape index (κ3) is 7.66. The highest BCUT2D eigenvalue weighted by molar-refractivity contribution is 7.92. The molecule has 1 aliphatic rings. The third-order valence-corrected chi connectivity index (χ3v) is 10.6. The van der Waals surface area contributed by atoms with Crippen LogP contribution in [0.1, 0.15) is 36.0 Å². The van der Waals surface area contributed by atoms with Gasteiger partial charge in [0.15, 0.2) is 0 Å². The Bertz CT molecular complexity index is 1550. The molecule has 1 saturated heterocycles. The first-order valence-corrected chi connectivity index (χ1v) is 16.5. The lowest BCUT2D eigenvalue weighted by molar-refractivity contribution is -0.119. The molecule has 1 fully saturated rings. The number of benzene rings is 3. The maximum absolute atomic E-state index is 13.6. The molecule has 9 nitrogen and oxygen atoms in total. The predicted octanol–water partition coefficient (Wildman–Crippen LogP) is 4.18. The van der Waals surface area contributed by atoms with Gasteiger partial charge in [-0.1, -0.05) is 30.2 Å². The van der Waals surface area contributed by atoms with E-state index in [0.717, 1.165) is 40.3 Å². The topological polar surface area (TPSA) is 113 Å². The van der Waals surface area contributed by atoms with Gasteiger partial charge < -0.3 is 10.1 Å². The predicted molar refractivity (Wildman–Crippen MR) is 159 cm³/mol. The van der Waals surface area contributed by atoms with Crippen LogP contribution in [0.2, 0.25) is 0 Å². The molecule has 0 bridgehead atoms. The summed E-state index contributed by atoms with van der Waals surface area (Å²) in [5.41, 5.74) is 3.10. The number of nitrogens with one attached hydrogen (secondary N) is 1. The van der Waals surface area contributed by atoms with Crippen molar-refractivity contribution in [2.24, 2.45) is 0 Å². The van der Waals surface area contributed by atoms with Crippen molar-refractivity contribution in [1.29, 1.82) is 0 Å². The van der Waals surface area contributed by atoms with Gasteiger partial charge >= 0.3 is 0 Å². The van der Waals surface area contributed by atoms with Gasteiger partial charge in [0.05, 0.1) is 22.0 Å². The van der Waals surface area contributed by atoms with E-state index in [2.05, 4.69) is 5.32 Å². The van der Waals surface area contributed by atoms with Gasteiger partial charge in [-0.2, -0.15) is 4.31 Å². The van der Waals surface area contributed by atoms with Crippen LogP contribution in [0.4, 0.5) is 5.69 Å². The van der Waals surface area contributed by atoms with E-state index >= 15 is 0 Å². The van der Waals surface area contributed by atoms with Gasteiger partial charge in [-0.3, -0.25) is 9.10 Å². The van der Waals surface area contributed by atoms with Gasteiger partial charge in [-0.15, -0.1) is 0 Å². The van der Waals surface area contributed by atoms with Crippen LogP contribution in [0.25, 0.3) is 0 Å². The number of nitrogens with zero attached hydrogens (tertiary/aromatic N) is 2. The molecule has 0 saturated carbocycles. The number of carbonyl (C=O) groups is 1. The number of rotatable bonds is 11. The highest BCUT2D eigenvalue weighted by Crippen LogP contribution is 2.26. The lowest BCUT2D eigenvalue weighted by Gasteiger charge is -2.25. The molecule has 41 heavy (non-hydrogen) atoms. The van der Waals surface area contributed by atoms with E-state index in [4.69, 9.17) is 4.74 Å². The van der Waals surface area contributed by atoms with Gasteiger partial charge in [-0.25, -0.2) is 16.8 Å². The summed E-state index contributed by atoms with van der Waals surface area (Å²) in [7, 11) is -7.53. The van der Waals surface area contributed by atoms with E-state index in [1.54, 1.807) is 36.4 Å². The molecule has 0 atom stereocenters. The second kappa shape index (κ2) is 13.1. The Morgan fingerprint density at radius 2 is 1.39 bits per heavy atom. The SMILES string of the molecule is Cc1ccc(S(=O)(=O)N(CC(=O)NCCOc2ccc(S(=O)(=O)N3CCCCC3)cc2)c2cc(C)cc(C)c2)cc1. The molecular weight excluding hydrogens is 562 g/mol. The normalized spacial score (nSPS) is 14.4. The lowest BCUT2D eigenvalue weighted by Crippen LogP contribution is -2.42. The van der Waals surface area contributed by atoms with E-state index in [1.807, 2.05) is 26.8 Å². The smallest absolute Gasteiger partial charge is 0.264 e. The summed E-state index contributed by atoms with van der Waals surface area (Å²) in [6.45, 7) is 6.55. The zero-order chi connectivity index (χ0) is 29.6. The summed E-state index contributed by atoms with van der Waals surface area (Å²) < 4.78 is 61.2. The summed E-state index contributed by atoms with van der Waals surface area (Å²) in [5.74, 6) is -0.0120. The maximum atomic E-state index is 13.6. The number of anilines is 1. The van der Waals surface area contributed by atoms with E-state index in [9.17, 15) is 21.6 Å². The molecule has 4 rings (SSSR count). The number of hydrogen-bond acceptors (Lipinski definition) is 6. The van der Waals surface area contributed by atoms with Gasteiger partial charge in [-0.05, 0) is 93.3 Å². The van der Waals surface area contributed by atoms with Crippen molar-refractivity contribution in [3.63, 3.8) is 0 Å². The molecule has 11 heteroatoms. The maximum Gasteiger partial charge on any atom is 0.264 e. The Morgan fingerprint density at radius 3 is 2.00 bits per heavy atom. The summed E-state index contributed by atoms with van der Waals surface area (Å²) >= 11 is 0. The molecule has 1 N–H and O–H groups in total. The third-order valence-electron chi connectivity index (χ3n) is 6.86. The molecule has 220 valence electrons. The van der Waals surface area contributed by atoms with Crippen LogP contribution in [0.3, 0.4) is 0 Å². The quantitative estimate of drug-likeness (QED) is 0.331. The largest absolute Gasteiger partial charge is 0.492 e. The molecule has 0 aromatic heterocycles. The van der Waals surface area contributed by atoms with Crippen LogP contribution in [0, 0.1) is 20.8 Å². The number of aryl methyl sites for hydroxylation is 3. The van der Waals surface area contributed by atoms with E-state index in [-0.39, 0.29) is 22.9 Å². The van der Waals surface area contributed by atoms with Crippen molar-refractivity contribution in [2.75, 3.05) is 37.1 Å². The van der Waals surface area contributed by atoms with E-state index in [0.29, 0.717) is 24.5 Å². The average molecular weight is 600 g/mol. The molecule has 3 aromatic rings. The van der Waals surface area contributed by atoms with Gasteiger partial charge in [0, 0.05) is 13.1 Å². The number of amides is 1. The molecule has 0 aliphatic carbocycles. The molecule has 0 radical (unpaired) electrons. The van der Waals surface area contributed by atoms with Crippen molar-refractivity contribution < 1.29 is 26.4 Å². The Balaban J connectivity index is 1.37. The number of carbonyl (C=O) groups excluding carboxylic acids is 1. The van der Waals surface area contributed by atoms with Crippen molar-refractivity contribution >= 4 is 31.6 Å². The summed E-state index contributed by atoms with van der Waals surface area (Å²) in [6, 6.07) is 18.2. The number of ether oxygens (including phenoxy) is 1. The van der Waals surface area contributed by atoms with E-state index < -0.39 is 32.5 Å². The van der Waals surface area contributed by atoms with Gasteiger partial charge in [0.2, 0.25) is 15.9 Å². The highest BCUT2D eigenvalue weighted by Gasteiger charge is 2.28. The van der Waals surface area contributed by atoms with Crippen LogP contribution < -0.4 is 14.4 Å². The fourth-order valence-corrected chi connectivity index (χ4v) is 7.68. The summed E-state index contributed by atoms with van der Waals surface area (Å²) in [5, 5.41) is 2.72. The zero-order valence-corrected chi connectivity index (χ0v) is 25.3. The van der Waals surface area contributed by atoms with E-state index in [1.165, 1.54) is 28.6 Å². The summed E-state index contributed by atoms with van der Waals surface area (Å²) in [4.78, 5) is 13.2. The number of hydrogen-bond donors (Lipinski definition) is 1. The Hall–Kier alpha value is -3.41. The van der Waals surface area contributed by atoms with Crippen LogP contribution in [-0.4, -0.2) is 59.8 Å². The Kier molecular flexibility index (Phi) is 9.72. The minimum absolute atomic E-state index is 0.101. The fraction of sp³-hybridized carbons (Fsp3) is 0.367. The van der Waals surface area contributed by atoms with Crippen molar-refractivity contribution in [2.45, 2.75) is 49.8 Å². The standard InChI is InChI=1S/C30H37N3O6S2/c1-23-7-11-29(12-8-23)41(37,38)33(26-20-24(2)19-25(3)21-26)22-30(34)31-15-18-39-27-9-13-28(14-10-27)40(35,36)32-16-5-4-6-17-32/h7-14,19-21H,4-6,15-18,22H2,1-3H3,(H,31,34). The average Bonchev–Trinajstić information content (AvgIpc) is 2.94. The van der Waals surface area contributed by atoms with Crippen LogP contribution >= 0.6 is 0 Å². The second-order valence-corrected chi connectivity index (χ2v) is 14.1. The number of piperidine rings is 1. The molecule has 3 aromatic carbocycles. The molecular formula is C30H37N3O6S2. The molecule has 1 aliphatic heterocycles. The lowest BCUT2D eigenvalue weighted by atomic mass is 10.1. The number of sulfonamides is 2. The minimum Gasteiger partial charge on any atom is -0.492 e. The van der Waals surface area contributed by atoms with Gasteiger partial charge in [0.1, 0.15) is 18.9 Å². The highest BCUT2D eigenvalue weighted by atomic mass is 32.2. The van der Waals surface area contributed by atoms with Crippen molar-refractivity contribution in [3.8, 4) is 5.75 Å². The molecule has 0 spiro atoms. The first kappa shape index (κ1) is 30.5. The zero-order valence-electron chi connectivity index (χ0n) is 23.7. The second-order valence-electron chi connectivity index (χ2n) is 10.3. The first-order chi connectivity index (χ1) is 19.5. The molecule has 1 heterocycles. The molecule has 1 amide bonds. The molecule has 0 unspecified atom stereocenters. The monoisotopic (exact) mass is 599 g/mol. The minimum atomic E-state index is -4.01. The first-order valence-electron chi connectivity index (χ1n) is 13.6. The van der Waals surface area contributed by atoms with Crippen LogP contribution in [-0.2, 0) is 24.8 Å². The summed E-state index contributed by atoms with van der Waals surface area (Å²) in [6.07, 6.45) is 2.78. The van der Waals surface area contributed by atoms with Crippen LogP contribution in [0.5, 0.6) is 5.75 Å². The van der Waals surface area contributed by atoms with Crippen molar-refractivity contribution in [1.82, 2.24) is 9.62 Å². The fourth-order valence-electron chi connectivity index (χ4n) is 4.75. The Labute approximate surface area is 243 Å². The van der Waals surface area contributed by atoms with Crippen molar-refractivity contribution in [3.05, 3.63) is 83.4 Å².